The molecule has 0 spiro atoms. The van der Waals surface area contributed by atoms with E-state index in [0.717, 1.165) is 22.7 Å². The Kier molecular flexibility index (Phi) is 6.97. The summed E-state index contributed by atoms with van der Waals surface area (Å²) in [7, 11) is 0. The van der Waals surface area contributed by atoms with Crippen molar-refractivity contribution in [2.75, 3.05) is 17.3 Å². The summed E-state index contributed by atoms with van der Waals surface area (Å²) < 4.78 is 1.59. The number of aryl methyl sites for hydroxylation is 1. The van der Waals surface area contributed by atoms with Crippen molar-refractivity contribution < 1.29 is 4.79 Å². The van der Waals surface area contributed by atoms with E-state index < -0.39 is 0 Å². The van der Waals surface area contributed by atoms with Crippen molar-refractivity contribution in [3.63, 3.8) is 0 Å². The second-order valence-electron chi connectivity index (χ2n) is 7.14. The molecular formula is C25H23N3O2S2. The number of thioether (sulfide) groups is 2. The summed E-state index contributed by atoms with van der Waals surface area (Å²) in [5.74, 6) is -0.00930. The summed E-state index contributed by atoms with van der Waals surface area (Å²) in [6, 6.07) is 22.9. The van der Waals surface area contributed by atoms with Crippen molar-refractivity contribution in [3.05, 3.63) is 88.7 Å². The largest absolute Gasteiger partial charge is 0.325 e. The molecule has 4 rings (SSSR count). The molecule has 1 amide bonds. The molecule has 0 atom stereocenters. The molecule has 0 aliphatic heterocycles. The van der Waals surface area contributed by atoms with Crippen LogP contribution in [0.4, 0.5) is 5.69 Å². The van der Waals surface area contributed by atoms with Crippen molar-refractivity contribution in [2.45, 2.75) is 23.4 Å². The number of nitrogens with zero attached hydrogens (tertiary/aromatic N) is 2. The number of anilines is 1. The SMILES string of the molecule is CCc1ccc(-n2c(SCC(=O)Nc3cccc(SC)c3)nc3ccccc3c2=O)cc1. The highest BCUT2D eigenvalue weighted by molar-refractivity contribution is 7.99. The van der Waals surface area contributed by atoms with Crippen LogP contribution in [0.3, 0.4) is 0 Å². The normalized spacial score (nSPS) is 10.9. The summed E-state index contributed by atoms with van der Waals surface area (Å²) in [6.07, 6.45) is 2.92. The zero-order chi connectivity index (χ0) is 22.5. The average molecular weight is 462 g/mol. The first-order valence-electron chi connectivity index (χ1n) is 10.3. The van der Waals surface area contributed by atoms with E-state index >= 15 is 0 Å². The van der Waals surface area contributed by atoms with E-state index in [1.54, 1.807) is 22.4 Å². The molecule has 1 aromatic heterocycles. The Morgan fingerprint density at radius 1 is 1.03 bits per heavy atom. The fraction of sp³-hybridized carbons (Fsp3) is 0.160. The maximum atomic E-state index is 13.3. The van der Waals surface area contributed by atoms with Crippen LogP contribution in [-0.4, -0.2) is 27.5 Å². The van der Waals surface area contributed by atoms with Crippen LogP contribution in [0.5, 0.6) is 0 Å². The lowest BCUT2D eigenvalue weighted by Crippen LogP contribution is -2.23. The fourth-order valence-electron chi connectivity index (χ4n) is 3.35. The summed E-state index contributed by atoms with van der Waals surface area (Å²) in [5.41, 5.74) is 3.16. The Bertz CT molecular complexity index is 1320. The van der Waals surface area contributed by atoms with Gasteiger partial charge in [0.05, 0.1) is 22.3 Å². The average Bonchev–Trinajstić information content (AvgIpc) is 2.83. The number of rotatable bonds is 7. The first-order valence-corrected chi connectivity index (χ1v) is 12.5. The molecule has 0 saturated heterocycles. The van der Waals surface area contributed by atoms with Gasteiger partial charge in [-0.3, -0.25) is 14.2 Å². The Hall–Kier alpha value is -3.03. The Morgan fingerprint density at radius 2 is 1.81 bits per heavy atom. The second-order valence-corrected chi connectivity index (χ2v) is 8.96. The molecule has 32 heavy (non-hydrogen) atoms. The highest BCUT2D eigenvalue weighted by Gasteiger charge is 2.15. The lowest BCUT2D eigenvalue weighted by Gasteiger charge is -2.14. The number of fused-ring (bicyclic) bond motifs is 1. The van der Waals surface area contributed by atoms with E-state index in [1.165, 1.54) is 17.3 Å². The molecule has 1 heterocycles. The Balaban J connectivity index is 1.64. The number of amides is 1. The first kappa shape index (κ1) is 22.2. The van der Waals surface area contributed by atoms with Gasteiger partial charge < -0.3 is 5.32 Å². The van der Waals surface area contributed by atoms with Gasteiger partial charge in [-0.2, -0.15) is 0 Å². The van der Waals surface area contributed by atoms with Crippen LogP contribution >= 0.6 is 23.5 Å². The van der Waals surface area contributed by atoms with Crippen molar-refractivity contribution in [1.29, 1.82) is 0 Å². The van der Waals surface area contributed by atoms with Gasteiger partial charge in [0, 0.05) is 10.6 Å². The van der Waals surface area contributed by atoms with E-state index in [4.69, 9.17) is 4.98 Å². The summed E-state index contributed by atoms with van der Waals surface area (Å²) in [5, 5.41) is 3.97. The first-order chi connectivity index (χ1) is 15.6. The minimum Gasteiger partial charge on any atom is -0.325 e. The van der Waals surface area contributed by atoms with Gasteiger partial charge >= 0.3 is 0 Å². The minimum atomic E-state index is -0.149. The predicted molar refractivity (Wildman–Crippen MR) is 134 cm³/mol. The molecule has 5 nitrogen and oxygen atoms in total. The number of benzene rings is 3. The molecule has 4 aromatic rings. The molecule has 7 heteroatoms. The Morgan fingerprint density at radius 3 is 2.56 bits per heavy atom. The van der Waals surface area contributed by atoms with Crippen LogP contribution < -0.4 is 10.9 Å². The molecule has 0 aliphatic rings. The third kappa shape index (κ3) is 4.89. The number of carbonyl (C=O) groups excluding carboxylic acids is 1. The van der Waals surface area contributed by atoms with Crippen LogP contribution in [0.1, 0.15) is 12.5 Å². The smallest absolute Gasteiger partial charge is 0.266 e. The highest BCUT2D eigenvalue weighted by atomic mass is 32.2. The fourth-order valence-corrected chi connectivity index (χ4v) is 4.62. The van der Waals surface area contributed by atoms with E-state index in [2.05, 4.69) is 12.2 Å². The third-order valence-corrected chi connectivity index (χ3v) is 6.70. The number of para-hydroxylation sites is 1. The number of carbonyl (C=O) groups is 1. The third-order valence-electron chi connectivity index (χ3n) is 5.03. The quantitative estimate of drug-likeness (QED) is 0.295. The molecule has 162 valence electrons. The van der Waals surface area contributed by atoms with E-state index in [-0.39, 0.29) is 17.2 Å². The molecular weight excluding hydrogens is 438 g/mol. The Labute approximate surface area is 195 Å². The lowest BCUT2D eigenvalue weighted by atomic mass is 10.1. The van der Waals surface area contributed by atoms with Gasteiger partial charge in [0.2, 0.25) is 5.91 Å². The maximum Gasteiger partial charge on any atom is 0.266 e. The lowest BCUT2D eigenvalue weighted by molar-refractivity contribution is -0.113. The molecule has 1 N–H and O–H groups in total. The zero-order valence-electron chi connectivity index (χ0n) is 17.9. The van der Waals surface area contributed by atoms with E-state index in [9.17, 15) is 9.59 Å². The highest BCUT2D eigenvalue weighted by Crippen LogP contribution is 2.23. The zero-order valence-corrected chi connectivity index (χ0v) is 19.5. The van der Waals surface area contributed by atoms with Crippen LogP contribution in [0.2, 0.25) is 0 Å². The molecule has 0 aliphatic carbocycles. The molecule has 0 unspecified atom stereocenters. The molecule has 3 aromatic carbocycles. The van der Waals surface area contributed by atoms with E-state index in [1.807, 2.05) is 73.0 Å². The molecule has 0 saturated carbocycles. The number of hydrogen-bond acceptors (Lipinski definition) is 5. The minimum absolute atomic E-state index is 0.140. The van der Waals surface area contributed by atoms with Crippen LogP contribution in [0.15, 0.2) is 87.6 Å². The molecule has 0 bridgehead atoms. The summed E-state index contributed by atoms with van der Waals surface area (Å²) in [6.45, 7) is 2.09. The van der Waals surface area contributed by atoms with Gasteiger partial charge in [-0.15, -0.1) is 11.8 Å². The van der Waals surface area contributed by atoms with Gasteiger partial charge in [-0.05, 0) is 60.7 Å². The van der Waals surface area contributed by atoms with Crippen LogP contribution in [-0.2, 0) is 11.2 Å². The van der Waals surface area contributed by atoms with Gasteiger partial charge in [-0.1, -0.05) is 49.0 Å². The van der Waals surface area contributed by atoms with Crippen molar-refractivity contribution in [2.24, 2.45) is 0 Å². The van der Waals surface area contributed by atoms with Gasteiger partial charge in [0.25, 0.3) is 5.56 Å². The number of nitrogens with one attached hydrogen (secondary N) is 1. The molecule has 0 fully saturated rings. The maximum absolute atomic E-state index is 13.3. The molecule has 0 radical (unpaired) electrons. The predicted octanol–water partition coefficient (Wildman–Crippen LogP) is 5.40. The van der Waals surface area contributed by atoms with Gasteiger partial charge in [-0.25, -0.2) is 4.98 Å². The topological polar surface area (TPSA) is 64.0 Å². The number of aromatic nitrogens is 2. The van der Waals surface area contributed by atoms with E-state index in [0.29, 0.717) is 16.1 Å². The van der Waals surface area contributed by atoms with Gasteiger partial charge in [0.15, 0.2) is 5.16 Å². The van der Waals surface area contributed by atoms with Crippen molar-refractivity contribution >= 4 is 46.0 Å². The summed E-state index contributed by atoms with van der Waals surface area (Å²) in [4.78, 5) is 31.7. The summed E-state index contributed by atoms with van der Waals surface area (Å²) >= 11 is 2.87. The van der Waals surface area contributed by atoms with Gasteiger partial charge in [0.1, 0.15) is 0 Å². The second kappa shape index (κ2) is 10.1. The standard InChI is InChI=1S/C25H23N3O2S2/c1-3-17-11-13-19(14-12-17)28-24(30)21-9-4-5-10-22(21)27-25(28)32-16-23(29)26-18-7-6-8-20(15-18)31-2/h4-15H,3,16H2,1-2H3,(H,26,29). The van der Waals surface area contributed by atoms with Crippen molar-refractivity contribution in [3.8, 4) is 5.69 Å². The van der Waals surface area contributed by atoms with Crippen molar-refractivity contribution in [1.82, 2.24) is 9.55 Å². The monoisotopic (exact) mass is 461 g/mol. The number of hydrogen-bond donors (Lipinski definition) is 1. The van der Waals surface area contributed by atoms with Crippen LogP contribution in [0.25, 0.3) is 16.6 Å². The van der Waals surface area contributed by atoms with Crippen LogP contribution in [0, 0.1) is 0 Å².